The van der Waals surface area contributed by atoms with Gasteiger partial charge in [0.05, 0.1) is 24.7 Å². The normalized spacial score (nSPS) is 10.8. The molecule has 0 saturated heterocycles. The smallest absolute Gasteiger partial charge is 0.161 e. The predicted molar refractivity (Wildman–Crippen MR) is 128 cm³/mol. The second-order valence-electron chi connectivity index (χ2n) is 7.60. The Morgan fingerprint density at radius 3 is 2.66 bits per heavy atom. The van der Waals surface area contributed by atoms with Gasteiger partial charge in [0.25, 0.3) is 0 Å². The first-order valence-electron chi connectivity index (χ1n) is 10.7. The molecule has 0 unspecified atom stereocenters. The molecule has 0 N–H and O–H groups in total. The van der Waals surface area contributed by atoms with Gasteiger partial charge in [-0.15, -0.1) is 6.58 Å². The molecule has 5 nitrogen and oxygen atoms in total. The van der Waals surface area contributed by atoms with Gasteiger partial charge in [-0.1, -0.05) is 36.4 Å². The van der Waals surface area contributed by atoms with Crippen molar-refractivity contribution in [3.8, 4) is 17.2 Å². The molecule has 0 aliphatic heterocycles. The summed E-state index contributed by atoms with van der Waals surface area (Å²) in [5, 5.41) is 0. The fraction of sp³-hybridized carbons (Fsp3) is 0.222. The van der Waals surface area contributed by atoms with Gasteiger partial charge in [-0.05, 0) is 60.9 Å². The second-order valence-corrected chi connectivity index (χ2v) is 7.60. The molecule has 1 heterocycles. The number of ether oxygens (including phenoxy) is 3. The van der Waals surface area contributed by atoms with Crippen molar-refractivity contribution in [2.45, 2.75) is 26.5 Å². The molecular formula is C27H28N2O3. The number of hydrogen-bond donors (Lipinski definition) is 0. The van der Waals surface area contributed by atoms with Crippen molar-refractivity contribution >= 4 is 11.0 Å². The molecule has 0 spiro atoms. The van der Waals surface area contributed by atoms with Crippen LogP contribution in [0.25, 0.3) is 11.0 Å². The third-order valence-electron chi connectivity index (χ3n) is 5.27. The first kappa shape index (κ1) is 21.5. The summed E-state index contributed by atoms with van der Waals surface area (Å²) in [6.07, 6.45) is 2.67. The average molecular weight is 429 g/mol. The summed E-state index contributed by atoms with van der Waals surface area (Å²) < 4.78 is 19.8. The van der Waals surface area contributed by atoms with Crippen LogP contribution in [-0.2, 0) is 19.6 Å². The number of methoxy groups -OCH3 is 1. The van der Waals surface area contributed by atoms with Crippen molar-refractivity contribution < 1.29 is 14.2 Å². The number of aromatic nitrogens is 2. The van der Waals surface area contributed by atoms with E-state index in [0.717, 1.165) is 51.7 Å². The molecule has 3 aromatic carbocycles. The van der Waals surface area contributed by atoms with Crippen LogP contribution in [0.2, 0.25) is 0 Å². The number of aryl methyl sites for hydroxylation is 1. The largest absolute Gasteiger partial charge is 0.493 e. The Kier molecular flexibility index (Phi) is 6.75. The molecule has 4 aromatic rings. The van der Waals surface area contributed by atoms with E-state index >= 15 is 0 Å². The number of para-hydroxylation sites is 2. The molecule has 4 rings (SSSR count). The van der Waals surface area contributed by atoms with Crippen molar-refractivity contribution in [2.75, 3.05) is 13.7 Å². The van der Waals surface area contributed by atoms with Gasteiger partial charge >= 0.3 is 0 Å². The summed E-state index contributed by atoms with van der Waals surface area (Å²) in [5.74, 6) is 3.15. The number of rotatable bonds is 10. The maximum atomic E-state index is 6.08. The summed E-state index contributed by atoms with van der Waals surface area (Å²) >= 11 is 0. The highest BCUT2D eigenvalue weighted by atomic mass is 16.5. The number of hydrogen-bond acceptors (Lipinski definition) is 4. The van der Waals surface area contributed by atoms with Crippen molar-refractivity contribution in [1.29, 1.82) is 0 Å². The van der Waals surface area contributed by atoms with E-state index in [0.29, 0.717) is 19.8 Å². The second kappa shape index (κ2) is 10.1. The Morgan fingerprint density at radius 1 is 0.969 bits per heavy atom. The lowest BCUT2D eigenvalue weighted by molar-refractivity contribution is 0.264. The minimum atomic E-state index is 0.387. The van der Waals surface area contributed by atoms with Crippen LogP contribution in [0.1, 0.15) is 17.0 Å². The first-order valence-corrected chi connectivity index (χ1v) is 10.7. The molecule has 1 aromatic heterocycles. The zero-order valence-electron chi connectivity index (χ0n) is 18.6. The van der Waals surface area contributed by atoms with E-state index in [2.05, 4.69) is 30.2 Å². The summed E-state index contributed by atoms with van der Waals surface area (Å²) in [4.78, 5) is 4.79. The Morgan fingerprint density at radius 2 is 1.84 bits per heavy atom. The monoisotopic (exact) mass is 428 g/mol. The van der Waals surface area contributed by atoms with Gasteiger partial charge in [0.15, 0.2) is 11.5 Å². The third kappa shape index (κ3) is 4.94. The van der Waals surface area contributed by atoms with E-state index in [1.54, 1.807) is 7.11 Å². The van der Waals surface area contributed by atoms with E-state index in [4.69, 9.17) is 19.2 Å². The molecule has 0 saturated carbocycles. The average Bonchev–Trinajstić information content (AvgIpc) is 3.16. The van der Waals surface area contributed by atoms with E-state index in [9.17, 15) is 0 Å². The van der Waals surface area contributed by atoms with Gasteiger partial charge in [0, 0.05) is 0 Å². The van der Waals surface area contributed by atoms with Crippen LogP contribution in [0.3, 0.4) is 0 Å². The number of nitrogens with zero attached hydrogens (tertiary/aromatic N) is 2. The summed E-state index contributed by atoms with van der Waals surface area (Å²) in [5.41, 5.74) is 4.31. The number of allylic oxidation sites excluding steroid dienone is 1. The zero-order valence-corrected chi connectivity index (χ0v) is 18.6. The maximum absolute atomic E-state index is 6.08. The number of imidazole rings is 1. The van der Waals surface area contributed by atoms with Gasteiger partial charge < -0.3 is 18.8 Å². The summed E-state index contributed by atoms with van der Waals surface area (Å²) in [7, 11) is 1.66. The molecule has 0 amide bonds. The fourth-order valence-corrected chi connectivity index (χ4v) is 3.71. The van der Waals surface area contributed by atoms with Crippen LogP contribution in [-0.4, -0.2) is 23.3 Å². The Bertz CT molecular complexity index is 1210. The van der Waals surface area contributed by atoms with E-state index in [1.807, 2.05) is 60.7 Å². The fourth-order valence-electron chi connectivity index (χ4n) is 3.71. The Hall–Kier alpha value is -3.73. The Balaban J connectivity index is 1.50. The molecule has 164 valence electrons. The molecule has 0 aliphatic carbocycles. The molecule has 32 heavy (non-hydrogen) atoms. The highest BCUT2D eigenvalue weighted by Gasteiger charge is 2.12. The van der Waals surface area contributed by atoms with Crippen LogP contribution >= 0.6 is 0 Å². The van der Waals surface area contributed by atoms with Crippen LogP contribution < -0.4 is 14.2 Å². The predicted octanol–water partition coefficient (Wildman–Crippen LogP) is 5.74. The van der Waals surface area contributed by atoms with Gasteiger partial charge in [-0.3, -0.25) is 0 Å². The molecule has 0 atom stereocenters. The van der Waals surface area contributed by atoms with Gasteiger partial charge in [0.2, 0.25) is 0 Å². The molecule has 0 bridgehead atoms. The number of benzene rings is 3. The minimum absolute atomic E-state index is 0.387. The van der Waals surface area contributed by atoms with E-state index < -0.39 is 0 Å². The van der Waals surface area contributed by atoms with Gasteiger partial charge in [-0.2, -0.15) is 0 Å². The van der Waals surface area contributed by atoms with Crippen molar-refractivity contribution in [1.82, 2.24) is 9.55 Å². The van der Waals surface area contributed by atoms with Gasteiger partial charge in [-0.25, -0.2) is 4.98 Å². The quantitative estimate of drug-likeness (QED) is 0.302. The topological polar surface area (TPSA) is 45.5 Å². The molecule has 0 fully saturated rings. The van der Waals surface area contributed by atoms with E-state index in [-0.39, 0.29) is 0 Å². The Labute approximate surface area is 188 Å². The zero-order chi connectivity index (χ0) is 22.3. The lowest BCUT2D eigenvalue weighted by Gasteiger charge is -2.14. The lowest BCUT2D eigenvalue weighted by Crippen LogP contribution is -2.13. The summed E-state index contributed by atoms with van der Waals surface area (Å²) in [6, 6.07) is 22.1. The van der Waals surface area contributed by atoms with E-state index in [1.165, 1.54) is 0 Å². The molecule has 5 heteroatoms. The van der Waals surface area contributed by atoms with Crippen molar-refractivity contribution in [3.05, 3.63) is 96.3 Å². The van der Waals surface area contributed by atoms with Crippen molar-refractivity contribution in [2.24, 2.45) is 0 Å². The van der Waals surface area contributed by atoms with Crippen LogP contribution in [0, 0.1) is 6.92 Å². The van der Waals surface area contributed by atoms with Gasteiger partial charge in [0.1, 0.15) is 24.8 Å². The van der Waals surface area contributed by atoms with Crippen LogP contribution in [0.4, 0.5) is 0 Å². The highest BCUT2D eigenvalue weighted by molar-refractivity contribution is 5.75. The van der Waals surface area contributed by atoms with Crippen LogP contribution in [0.5, 0.6) is 17.2 Å². The summed E-state index contributed by atoms with van der Waals surface area (Å²) in [6.45, 7) is 7.36. The molecule has 0 radical (unpaired) electrons. The standard InChI is InChI=1S/C27H28N2O3/c1-4-8-21-13-14-25(26(18-21)30-3)31-16-15-29-24-12-6-5-11-23(24)28-27(29)19-32-22-10-7-9-20(2)17-22/h4-7,9-14,17-18H,1,8,15-16,19H2,2-3H3. The minimum Gasteiger partial charge on any atom is -0.493 e. The first-order chi connectivity index (χ1) is 15.7. The highest BCUT2D eigenvalue weighted by Crippen LogP contribution is 2.28. The van der Waals surface area contributed by atoms with Crippen LogP contribution in [0.15, 0.2) is 79.4 Å². The third-order valence-corrected chi connectivity index (χ3v) is 5.27. The number of fused-ring (bicyclic) bond motifs is 1. The molecule has 0 aliphatic rings. The SMILES string of the molecule is C=CCc1ccc(OCCn2c(COc3cccc(C)c3)nc3ccccc32)c(OC)c1. The lowest BCUT2D eigenvalue weighted by atomic mass is 10.1. The van der Waals surface area contributed by atoms with Crippen molar-refractivity contribution in [3.63, 3.8) is 0 Å². The maximum Gasteiger partial charge on any atom is 0.161 e. The molecular weight excluding hydrogens is 400 g/mol.